The number of urea groups is 1. The second-order valence-corrected chi connectivity index (χ2v) is 8.31. The fraction of sp³-hybridized carbons (Fsp3) is 0.304. The maximum absolute atomic E-state index is 13.4. The number of amides is 4. The van der Waals surface area contributed by atoms with Crippen LogP contribution in [0.1, 0.15) is 38.9 Å². The largest absolute Gasteiger partial charge is 0.465 e. The molecular formula is C23H21N3O7. The van der Waals surface area contributed by atoms with E-state index < -0.39 is 46.0 Å². The number of methoxy groups -OCH3 is 1. The molecular weight excluding hydrogens is 430 g/mol. The number of nitro groups is 1. The third-order valence-electron chi connectivity index (χ3n) is 6.46. The number of aryl methyl sites for hydroxylation is 1. The molecule has 2 aromatic carbocycles. The zero-order valence-corrected chi connectivity index (χ0v) is 18.4. The van der Waals surface area contributed by atoms with Crippen LogP contribution in [-0.4, -0.2) is 59.7 Å². The van der Waals surface area contributed by atoms with Gasteiger partial charge in [-0.2, -0.15) is 0 Å². The molecule has 0 unspecified atom stereocenters. The minimum Gasteiger partial charge on any atom is -0.465 e. The molecule has 1 saturated heterocycles. The van der Waals surface area contributed by atoms with Gasteiger partial charge >= 0.3 is 12.0 Å². The molecule has 1 aliphatic heterocycles. The molecule has 0 aromatic heterocycles. The van der Waals surface area contributed by atoms with Gasteiger partial charge in [-0.15, -0.1) is 0 Å². The summed E-state index contributed by atoms with van der Waals surface area (Å²) in [5.74, 6) is -3.65. The van der Waals surface area contributed by atoms with Crippen LogP contribution in [0.25, 0.3) is 0 Å². The maximum atomic E-state index is 13.4. The molecule has 2 atom stereocenters. The van der Waals surface area contributed by atoms with Crippen molar-refractivity contribution in [3.05, 3.63) is 74.8 Å². The zero-order valence-electron chi connectivity index (χ0n) is 18.4. The molecule has 1 spiro atoms. The van der Waals surface area contributed by atoms with E-state index in [0.29, 0.717) is 5.56 Å². The average molecular weight is 451 g/mol. The van der Waals surface area contributed by atoms with Crippen molar-refractivity contribution in [1.82, 2.24) is 9.80 Å². The molecule has 1 heterocycles. The Hall–Kier alpha value is -4.08. The minimum atomic E-state index is -1.66. The summed E-state index contributed by atoms with van der Waals surface area (Å²) in [6.07, 6.45) is 0. The number of ether oxygens (including phenoxy) is 1. The maximum Gasteiger partial charge on any atom is 0.338 e. The van der Waals surface area contributed by atoms with E-state index in [1.54, 1.807) is 12.1 Å². The van der Waals surface area contributed by atoms with E-state index in [9.17, 15) is 29.3 Å². The number of imide groups is 2. The number of nitrogens with zero attached hydrogens (tertiary/aromatic N) is 3. The van der Waals surface area contributed by atoms with E-state index in [1.807, 2.05) is 19.1 Å². The smallest absolute Gasteiger partial charge is 0.338 e. The minimum absolute atomic E-state index is 0.0695. The lowest BCUT2D eigenvalue weighted by molar-refractivity contribution is -0.385. The van der Waals surface area contributed by atoms with Crippen molar-refractivity contribution in [3.63, 3.8) is 0 Å². The van der Waals surface area contributed by atoms with E-state index in [-0.39, 0.29) is 16.8 Å². The number of carbonyl (C=O) groups excluding carboxylic acids is 4. The number of hydrogen-bond donors (Lipinski definition) is 0. The first kappa shape index (κ1) is 22.1. The lowest BCUT2D eigenvalue weighted by Gasteiger charge is -2.34. The highest BCUT2D eigenvalue weighted by atomic mass is 16.6. The number of nitro benzene ring substituents is 1. The lowest BCUT2D eigenvalue weighted by Crippen LogP contribution is -2.59. The lowest BCUT2D eigenvalue weighted by atomic mass is 9.91. The SMILES string of the molecule is COC(=O)c1cc([C@@H]2[C@@H](c3ccc(C)cc3)C23C(=O)N(C)C(=O)N(C)C3=O)cc([N+](=O)[O-])c1. The molecule has 1 aliphatic carbocycles. The van der Waals surface area contributed by atoms with Crippen LogP contribution >= 0.6 is 0 Å². The van der Waals surface area contributed by atoms with Crippen LogP contribution in [0.4, 0.5) is 10.5 Å². The van der Waals surface area contributed by atoms with E-state index in [4.69, 9.17) is 4.74 Å². The predicted octanol–water partition coefficient (Wildman–Crippen LogP) is 2.61. The van der Waals surface area contributed by atoms with Crippen molar-refractivity contribution < 1.29 is 28.8 Å². The number of barbiturate groups is 1. The van der Waals surface area contributed by atoms with Gasteiger partial charge in [-0.1, -0.05) is 29.8 Å². The zero-order chi connectivity index (χ0) is 24.2. The van der Waals surface area contributed by atoms with Crippen molar-refractivity contribution in [1.29, 1.82) is 0 Å². The summed E-state index contributed by atoms with van der Waals surface area (Å²) < 4.78 is 4.72. The molecule has 2 fully saturated rings. The highest BCUT2D eigenvalue weighted by Gasteiger charge is 2.78. The fourth-order valence-corrected chi connectivity index (χ4v) is 4.80. The van der Waals surface area contributed by atoms with E-state index >= 15 is 0 Å². The number of non-ortho nitro benzene ring substituents is 1. The number of carbonyl (C=O) groups is 4. The molecule has 0 radical (unpaired) electrons. The summed E-state index contributed by atoms with van der Waals surface area (Å²) in [6.45, 7) is 1.89. The van der Waals surface area contributed by atoms with Crippen molar-refractivity contribution >= 4 is 29.5 Å². The first-order chi connectivity index (χ1) is 15.5. The summed E-state index contributed by atoms with van der Waals surface area (Å²) in [5.41, 5.74) is -0.178. The summed E-state index contributed by atoms with van der Waals surface area (Å²) >= 11 is 0. The van der Waals surface area contributed by atoms with E-state index in [2.05, 4.69) is 0 Å². The van der Waals surface area contributed by atoms with Gasteiger partial charge in [-0.05, 0) is 24.1 Å². The number of benzene rings is 2. The first-order valence-electron chi connectivity index (χ1n) is 10.1. The Morgan fingerprint density at radius 1 is 0.970 bits per heavy atom. The first-order valence-corrected chi connectivity index (χ1v) is 10.1. The van der Waals surface area contributed by atoms with Crippen molar-refractivity contribution in [3.8, 4) is 0 Å². The molecule has 170 valence electrons. The van der Waals surface area contributed by atoms with E-state index in [0.717, 1.165) is 28.5 Å². The van der Waals surface area contributed by atoms with Crippen LogP contribution < -0.4 is 0 Å². The molecule has 4 rings (SSSR count). The Balaban J connectivity index is 1.95. The molecule has 33 heavy (non-hydrogen) atoms. The molecule has 10 heteroatoms. The normalized spacial score (nSPS) is 21.4. The van der Waals surface area contributed by atoms with Crippen molar-refractivity contribution in [2.75, 3.05) is 21.2 Å². The molecule has 10 nitrogen and oxygen atoms in total. The molecule has 0 bridgehead atoms. The summed E-state index contributed by atoms with van der Waals surface area (Å²) in [5, 5.41) is 11.6. The van der Waals surface area contributed by atoms with Crippen molar-refractivity contribution in [2.45, 2.75) is 18.8 Å². The summed E-state index contributed by atoms with van der Waals surface area (Å²) in [7, 11) is 3.74. The number of rotatable bonds is 4. The van der Waals surface area contributed by atoms with Gasteiger partial charge in [0.15, 0.2) is 0 Å². The quantitative estimate of drug-likeness (QED) is 0.303. The van der Waals surface area contributed by atoms with Crippen molar-refractivity contribution in [2.24, 2.45) is 5.41 Å². The van der Waals surface area contributed by atoms with Gasteiger partial charge in [0.2, 0.25) is 11.8 Å². The predicted molar refractivity (Wildman–Crippen MR) is 114 cm³/mol. The molecule has 2 aliphatic rings. The van der Waals surface area contributed by atoms with Gasteiger partial charge < -0.3 is 4.74 Å². The van der Waals surface area contributed by atoms with Gasteiger partial charge in [0.05, 0.1) is 17.6 Å². The van der Waals surface area contributed by atoms with Crippen LogP contribution in [0.15, 0.2) is 42.5 Å². The molecule has 0 N–H and O–H groups in total. The standard InChI is InChI=1S/C23H21N3O7/c1-12-5-7-13(8-6-12)17-18(23(17)20(28)24(2)22(30)25(3)21(23)29)14-9-15(19(27)33-4)11-16(10-14)26(31)32/h5-11,17-18H,1-4H3/t17-,18-/m1/s1. The Kier molecular flexibility index (Phi) is 5.03. The van der Waals surface area contributed by atoms with Gasteiger partial charge in [0, 0.05) is 38.1 Å². The Bertz CT molecular complexity index is 1200. The molecule has 4 amide bonds. The Labute approximate surface area is 188 Å². The highest BCUT2D eigenvalue weighted by molar-refractivity contribution is 6.23. The molecule has 2 aromatic rings. The number of esters is 1. The second-order valence-electron chi connectivity index (χ2n) is 8.31. The number of hydrogen-bond acceptors (Lipinski definition) is 7. The van der Waals surface area contributed by atoms with E-state index in [1.165, 1.54) is 26.2 Å². The molecule has 1 saturated carbocycles. The second kappa shape index (κ2) is 7.51. The van der Waals surface area contributed by atoms with Gasteiger partial charge in [0.1, 0.15) is 5.41 Å². The summed E-state index contributed by atoms with van der Waals surface area (Å²) in [6, 6.07) is 10.2. The monoisotopic (exact) mass is 451 g/mol. The third kappa shape index (κ3) is 3.09. The van der Waals surface area contributed by atoms with Crippen LogP contribution in [0.5, 0.6) is 0 Å². The van der Waals surface area contributed by atoms with Crippen LogP contribution in [0.3, 0.4) is 0 Å². The van der Waals surface area contributed by atoms with Crippen LogP contribution in [0, 0.1) is 22.5 Å². The average Bonchev–Trinajstić information content (AvgIpc) is 3.51. The summed E-state index contributed by atoms with van der Waals surface area (Å²) in [4.78, 5) is 64.1. The topological polar surface area (TPSA) is 127 Å². The van der Waals surface area contributed by atoms with Gasteiger partial charge in [0.25, 0.3) is 5.69 Å². The highest BCUT2D eigenvalue weighted by Crippen LogP contribution is 2.72. The van der Waals surface area contributed by atoms with Gasteiger partial charge in [-0.25, -0.2) is 9.59 Å². The third-order valence-corrected chi connectivity index (χ3v) is 6.46. The fourth-order valence-electron chi connectivity index (χ4n) is 4.80. The van der Waals surface area contributed by atoms with Crippen LogP contribution in [0.2, 0.25) is 0 Å². The van der Waals surface area contributed by atoms with Gasteiger partial charge in [-0.3, -0.25) is 29.5 Å². The Morgan fingerprint density at radius 3 is 2.03 bits per heavy atom. The Morgan fingerprint density at radius 2 is 1.52 bits per heavy atom. The van der Waals surface area contributed by atoms with Crippen LogP contribution in [-0.2, 0) is 14.3 Å².